The van der Waals surface area contributed by atoms with E-state index >= 15 is 0 Å². The number of aliphatic carboxylic acids is 1. The molecular formula is C9H12O5. The lowest BCUT2D eigenvalue weighted by Crippen LogP contribution is -2.29. The van der Waals surface area contributed by atoms with Gasteiger partial charge in [0.1, 0.15) is 6.10 Å². The molecule has 0 aliphatic heterocycles. The predicted octanol–water partition coefficient (Wildman–Crippen LogP) is 1.18. The number of fused-ring (bicyclic) bond motifs is 2. The zero-order valence-electron chi connectivity index (χ0n) is 7.55. The maximum absolute atomic E-state index is 10.8. The Bertz CT molecular complexity index is 274. The molecule has 0 heterocycles. The lowest BCUT2D eigenvalue weighted by atomic mass is 9.87. The summed E-state index contributed by atoms with van der Waals surface area (Å²) in [7, 11) is 0. The number of ether oxygens (including phenoxy) is 1. The number of carboxylic acid groups (broad SMARTS) is 2. The molecule has 4 atom stereocenters. The van der Waals surface area contributed by atoms with E-state index in [-0.39, 0.29) is 23.9 Å². The molecule has 0 aromatic heterocycles. The fourth-order valence-electron chi connectivity index (χ4n) is 2.80. The molecule has 0 aromatic carbocycles. The highest BCUT2D eigenvalue weighted by Gasteiger charge is 2.50. The van der Waals surface area contributed by atoms with Gasteiger partial charge in [-0.15, -0.1) is 0 Å². The average molecular weight is 200 g/mol. The van der Waals surface area contributed by atoms with E-state index in [2.05, 4.69) is 0 Å². The van der Waals surface area contributed by atoms with Crippen LogP contribution in [0.15, 0.2) is 0 Å². The molecular weight excluding hydrogens is 188 g/mol. The highest BCUT2D eigenvalue weighted by Crippen LogP contribution is 2.49. The minimum absolute atomic E-state index is 0.113. The van der Waals surface area contributed by atoms with Crippen molar-refractivity contribution in [2.75, 3.05) is 0 Å². The van der Waals surface area contributed by atoms with Crippen molar-refractivity contribution in [3.63, 3.8) is 0 Å². The summed E-state index contributed by atoms with van der Waals surface area (Å²) in [6.07, 6.45) is 0.420. The van der Waals surface area contributed by atoms with Crippen LogP contribution in [-0.2, 0) is 9.53 Å². The van der Waals surface area contributed by atoms with Crippen LogP contribution < -0.4 is 0 Å². The normalized spacial score (nSPS) is 39.7. The number of carboxylic acids is 1. The van der Waals surface area contributed by atoms with Crippen LogP contribution in [0.2, 0.25) is 0 Å². The Labute approximate surface area is 80.7 Å². The number of rotatable bonds is 2. The Morgan fingerprint density at radius 3 is 2.21 bits per heavy atom. The summed E-state index contributed by atoms with van der Waals surface area (Å²) in [4.78, 5) is 21.1. The van der Waals surface area contributed by atoms with Gasteiger partial charge >= 0.3 is 12.1 Å². The fraction of sp³-hybridized carbons (Fsp3) is 0.778. The third-order valence-corrected chi connectivity index (χ3v) is 3.36. The molecule has 2 bridgehead atoms. The first-order valence-electron chi connectivity index (χ1n) is 4.70. The van der Waals surface area contributed by atoms with Crippen molar-refractivity contribution < 1.29 is 24.5 Å². The standard InChI is InChI=1S/C9H12O5/c10-8(11)6-2-5-1-4(6)3-7(5)14-9(12)13/h4-7H,1-3H2,(H,10,11)(H,12,13). The van der Waals surface area contributed by atoms with Crippen LogP contribution in [0.3, 0.4) is 0 Å². The van der Waals surface area contributed by atoms with E-state index in [0.29, 0.717) is 12.8 Å². The van der Waals surface area contributed by atoms with Crippen molar-refractivity contribution in [2.24, 2.45) is 17.8 Å². The van der Waals surface area contributed by atoms with Crippen LogP contribution in [0.5, 0.6) is 0 Å². The molecule has 0 radical (unpaired) electrons. The Morgan fingerprint density at radius 2 is 1.79 bits per heavy atom. The molecule has 5 heteroatoms. The quantitative estimate of drug-likeness (QED) is 0.654. The minimum Gasteiger partial charge on any atom is -0.481 e. The van der Waals surface area contributed by atoms with Crippen molar-refractivity contribution in [2.45, 2.75) is 25.4 Å². The van der Waals surface area contributed by atoms with Gasteiger partial charge in [0, 0.05) is 0 Å². The van der Waals surface area contributed by atoms with Crippen LogP contribution >= 0.6 is 0 Å². The van der Waals surface area contributed by atoms with Gasteiger partial charge in [-0.05, 0) is 31.1 Å². The first kappa shape index (κ1) is 9.30. The van der Waals surface area contributed by atoms with Gasteiger partial charge in [0.15, 0.2) is 0 Å². The van der Waals surface area contributed by atoms with E-state index in [1.54, 1.807) is 0 Å². The summed E-state index contributed by atoms with van der Waals surface area (Å²) in [6, 6.07) is 0. The van der Waals surface area contributed by atoms with Gasteiger partial charge in [-0.2, -0.15) is 0 Å². The largest absolute Gasteiger partial charge is 0.506 e. The fourth-order valence-corrected chi connectivity index (χ4v) is 2.80. The first-order valence-corrected chi connectivity index (χ1v) is 4.70. The summed E-state index contributed by atoms with van der Waals surface area (Å²) in [5.41, 5.74) is 0. The van der Waals surface area contributed by atoms with Gasteiger partial charge in [0.25, 0.3) is 0 Å². The molecule has 0 amide bonds. The molecule has 2 saturated carbocycles. The summed E-state index contributed by atoms with van der Waals surface area (Å²) in [6.45, 7) is 0. The number of hydrogen-bond acceptors (Lipinski definition) is 3. The van der Waals surface area contributed by atoms with Gasteiger partial charge in [0.2, 0.25) is 0 Å². The Kier molecular flexibility index (Phi) is 2.09. The molecule has 5 nitrogen and oxygen atoms in total. The average Bonchev–Trinajstić information content (AvgIpc) is 2.60. The molecule has 4 unspecified atom stereocenters. The molecule has 0 aromatic rings. The van der Waals surface area contributed by atoms with Crippen LogP contribution in [0, 0.1) is 17.8 Å². The lowest BCUT2D eigenvalue weighted by Gasteiger charge is -2.24. The van der Waals surface area contributed by atoms with E-state index in [1.807, 2.05) is 0 Å². The molecule has 2 aliphatic carbocycles. The second-order valence-electron chi connectivity index (χ2n) is 4.09. The lowest BCUT2D eigenvalue weighted by molar-refractivity contribution is -0.144. The van der Waals surface area contributed by atoms with Crippen LogP contribution in [0.1, 0.15) is 19.3 Å². The molecule has 2 aliphatic rings. The van der Waals surface area contributed by atoms with Crippen molar-refractivity contribution in [3.8, 4) is 0 Å². The smallest absolute Gasteiger partial charge is 0.481 e. The third-order valence-electron chi connectivity index (χ3n) is 3.36. The molecule has 0 spiro atoms. The Hall–Kier alpha value is -1.26. The predicted molar refractivity (Wildman–Crippen MR) is 44.9 cm³/mol. The van der Waals surface area contributed by atoms with E-state index in [0.717, 1.165) is 6.42 Å². The van der Waals surface area contributed by atoms with Gasteiger partial charge in [-0.3, -0.25) is 4.79 Å². The SMILES string of the molecule is O=C(O)OC1CC2CC1CC2C(=O)O. The summed E-state index contributed by atoms with van der Waals surface area (Å²) in [5.74, 6) is -0.807. The van der Waals surface area contributed by atoms with Crippen LogP contribution in [-0.4, -0.2) is 28.4 Å². The zero-order valence-corrected chi connectivity index (χ0v) is 7.55. The van der Waals surface area contributed by atoms with Crippen molar-refractivity contribution >= 4 is 12.1 Å². The maximum atomic E-state index is 10.8. The molecule has 2 N–H and O–H groups in total. The van der Waals surface area contributed by atoms with Gasteiger partial charge in [-0.25, -0.2) is 4.79 Å². The maximum Gasteiger partial charge on any atom is 0.506 e. The molecule has 14 heavy (non-hydrogen) atoms. The second kappa shape index (κ2) is 3.15. The van der Waals surface area contributed by atoms with Gasteiger partial charge in [0.05, 0.1) is 5.92 Å². The minimum atomic E-state index is -1.26. The van der Waals surface area contributed by atoms with E-state index in [9.17, 15) is 9.59 Å². The van der Waals surface area contributed by atoms with Gasteiger partial charge in [-0.1, -0.05) is 0 Å². The summed E-state index contributed by atoms with van der Waals surface area (Å²) >= 11 is 0. The Morgan fingerprint density at radius 1 is 1.07 bits per heavy atom. The van der Waals surface area contributed by atoms with Crippen LogP contribution in [0.25, 0.3) is 0 Å². The van der Waals surface area contributed by atoms with E-state index in [4.69, 9.17) is 14.9 Å². The third kappa shape index (κ3) is 1.42. The zero-order chi connectivity index (χ0) is 10.3. The van der Waals surface area contributed by atoms with Crippen LogP contribution in [0.4, 0.5) is 4.79 Å². The van der Waals surface area contributed by atoms with Gasteiger partial charge < -0.3 is 14.9 Å². The molecule has 2 fully saturated rings. The van der Waals surface area contributed by atoms with Crippen molar-refractivity contribution in [3.05, 3.63) is 0 Å². The highest BCUT2D eigenvalue weighted by molar-refractivity contribution is 5.71. The van der Waals surface area contributed by atoms with E-state index in [1.165, 1.54) is 0 Å². The van der Waals surface area contributed by atoms with Crippen molar-refractivity contribution in [1.82, 2.24) is 0 Å². The number of hydrogen-bond donors (Lipinski definition) is 2. The molecule has 0 saturated heterocycles. The summed E-state index contributed by atoms with van der Waals surface area (Å²) < 4.78 is 4.70. The first-order chi connectivity index (χ1) is 6.58. The monoisotopic (exact) mass is 200 g/mol. The Balaban J connectivity index is 1.96. The number of carbonyl (C=O) groups is 2. The topological polar surface area (TPSA) is 83.8 Å². The summed E-state index contributed by atoms with van der Waals surface area (Å²) in [5, 5.41) is 17.3. The van der Waals surface area contributed by atoms with Crippen molar-refractivity contribution in [1.29, 1.82) is 0 Å². The molecule has 78 valence electrons. The highest BCUT2D eigenvalue weighted by atomic mass is 16.7. The second-order valence-corrected chi connectivity index (χ2v) is 4.09. The molecule has 2 rings (SSSR count). The van der Waals surface area contributed by atoms with E-state index < -0.39 is 12.1 Å².